The van der Waals surface area contributed by atoms with E-state index in [2.05, 4.69) is 15.1 Å². The molecule has 0 saturated carbocycles. The van der Waals surface area contributed by atoms with Crippen LogP contribution in [0.5, 0.6) is 0 Å². The number of halogens is 1. The van der Waals surface area contributed by atoms with Crippen LogP contribution in [0.25, 0.3) is 10.6 Å². The van der Waals surface area contributed by atoms with Crippen molar-refractivity contribution in [1.82, 2.24) is 19.7 Å². The molecule has 0 saturated heterocycles. The van der Waals surface area contributed by atoms with E-state index in [1.807, 2.05) is 19.1 Å². The van der Waals surface area contributed by atoms with Gasteiger partial charge in [-0.15, -0.1) is 11.3 Å². The molecule has 4 heterocycles. The zero-order valence-corrected chi connectivity index (χ0v) is 18.2. The van der Waals surface area contributed by atoms with E-state index in [1.165, 1.54) is 11.3 Å². The van der Waals surface area contributed by atoms with Crippen LogP contribution in [0.3, 0.4) is 0 Å². The predicted molar refractivity (Wildman–Crippen MR) is 118 cm³/mol. The number of pyridine rings is 1. The van der Waals surface area contributed by atoms with Gasteiger partial charge in [-0.3, -0.25) is 4.79 Å². The van der Waals surface area contributed by atoms with Gasteiger partial charge in [0, 0.05) is 18.5 Å². The normalized spacial score (nSPS) is 13.2. The van der Waals surface area contributed by atoms with E-state index in [0.29, 0.717) is 40.3 Å². The van der Waals surface area contributed by atoms with Gasteiger partial charge >= 0.3 is 5.97 Å². The number of nitrogen functional groups attached to an aromatic ring is 1. The number of imidazole rings is 1. The molecular weight excluding hydrogens is 438 g/mol. The first-order valence-corrected chi connectivity index (χ1v) is 10.8. The van der Waals surface area contributed by atoms with Gasteiger partial charge in [-0.2, -0.15) is 0 Å². The molecule has 8 nitrogen and oxygen atoms in total. The molecule has 0 aliphatic rings. The Labute approximate surface area is 187 Å². The molecule has 0 spiro atoms. The standard InChI is InChI=1S/C21H20ClN5O3S/c1-2-21(20(28)29,8-13-3-6-19(23)24-9-13)17-11-27(12-25-17)10-14-7-15(30-26-14)16-4-5-18(22)31-16/h3-7,9,11-12H,2,8,10H2,1H3,(H2,23,24)(H,28,29). The van der Waals surface area contributed by atoms with E-state index in [1.54, 1.807) is 41.5 Å². The van der Waals surface area contributed by atoms with Gasteiger partial charge in [0.1, 0.15) is 16.9 Å². The number of carboxylic acids is 1. The summed E-state index contributed by atoms with van der Waals surface area (Å²) in [6.45, 7) is 2.24. The van der Waals surface area contributed by atoms with E-state index in [-0.39, 0.29) is 6.42 Å². The average molecular weight is 458 g/mol. The number of nitrogens with zero attached hydrogens (tertiary/aromatic N) is 4. The van der Waals surface area contributed by atoms with Crippen molar-refractivity contribution in [3.63, 3.8) is 0 Å². The summed E-state index contributed by atoms with van der Waals surface area (Å²) in [6, 6.07) is 8.98. The highest BCUT2D eigenvalue weighted by molar-refractivity contribution is 7.19. The maximum Gasteiger partial charge on any atom is 0.316 e. The number of hydrogen-bond donors (Lipinski definition) is 2. The molecule has 3 N–H and O–H groups in total. The number of carbonyl (C=O) groups is 1. The average Bonchev–Trinajstić information content (AvgIpc) is 3.49. The van der Waals surface area contributed by atoms with Crippen LogP contribution in [0.4, 0.5) is 5.82 Å². The van der Waals surface area contributed by atoms with E-state index in [9.17, 15) is 9.90 Å². The maximum atomic E-state index is 12.3. The van der Waals surface area contributed by atoms with Crippen molar-refractivity contribution in [2.24, 2.45) is 0 Å². The van der Waals surface area contributed by atoms with Gasteiger partial charge in [0.2, 0.25) is 0 Å². The molecule has 4 rings (SSSR count). The number of anilines is 1. The zero-order valence-electron chi connectivity index (χ0n) is 16.7. The summed E-state index contributed by atoms with van der Waals surface area (Å²) >= 11 is 7.39. The Bertz CT molecular complexity index is 1200. The van der Waals surface area contributed by atoms with Crippen LogP contribution in [-0.2, 0) is 23.2 Å². The van der Waals surface area contributed by atoms with Crippen molar-refractivity contribution in [3.05, 3.63) is 70.3 Å². The van der Waals surface area contributed by atoms with Crippen LogP contribution in [0.2, 0.25) is 4.34 Å². The minimum atomic E-state index is -1.17. The Kier molecular flexibility index (Phi) is 5.79. The SMILES string of the molecule is CCC(Cc1ccc(N)nc1)(C(=O)O)c1cn(Cc2cc(-c3ccc(Cl)s3)on2)cn1. The first-order chi connectivity index (χ1) is 14.9. The summed E-state index contributed by atoms with van der Waals surface area (Å²) in [5, 5.41) is 14.2. The summed E-state index contributed by atoms with van der Waals surface area (Å²) < 4.78 is 7.89. The molecule has 160 valence electrons. The predicted octanol–water partition coefficient (Wildman–Crippen LogP) is 4.25. The number of aliphatic carboxylic acids is 1. The van der Waals surface area contributed by atoms with Gasteiger partial charge in [-0.05, 0) is 36.6 Å². The van der Waals surface area contributed by atoms with Gasteiger partial charge in [0.25, 0.3) is 0 Å². The van der Waals surface area contributed by atoms with Crippen molar-refractivity contribution in [2.45, 2.75) is 31.7 Å². The number of thiophene rings is 1. The first kappa shape index (κ1) is 21.1. The fourth-order valence-electron chi connectivity index (χ4n) is 3.45. The lowest BCUT2D eigenvalue weighted by atomic mass is 9.77. The lowest BCUT2D eigenvalue weighted by Gasteiger charge is -2.26. The Morgan fingerprint density at radius 3 is 2.81 bits per heavy atom. The summed E-state index contributed by atoms with van der Waals surface area (Å²) in [5.74, 6) is 0.0918. The molecular formula is C21H20ClN5O3S. The molecule has 10 heteroatoms. The van der Waals surface area contributed by atoms with Crippen LogP contribution >= 0.6 is 22.9 Å². The number of carboxylic acid groups (broad SMARTS) is 1. The zero-order chi connectivity index (χ0) is 22.0. The largest absolute Gasteiger partial charge is 0.481 e. The topological polar surface area (TPSA) is 120 Å². The third-order valence-corrected chi connectivity index (χ3v) is 6.46. The first-order valence-electron chi connectivity index (χ1n) is 9.57. The molecule has 4 aromatic rings. The van der Waals surface area contributed by atoms with Crippen molar-refractivity contribution in [2.75, 3.05) is 5.73 Å². The van der Waals surface area contributed by atoms with Crippen LogP contribution in [0.15, 0.2) is 53.6 Å². The molecule has 0 radical (unpaired) electrons. The van der Waals surface area contributed by atoms with E-state index in [4.69, 9.17) is 21.9 Å². The minimum absolute atomic E-state index is 0.260. The van der Waals surface area contributed by atoms with Crippen molar-refractivity contribution < 1.29 is 14.4 Å². The lowest BCUT2D eigenvalue weighted by molar-refractivity contribution is -0.144. The highest BCUT2D eigenvalue weighted by Gasteiger charge is 2.41. The molecule has 0 aromatic carbocycles. The van der Waals surface area contributed by atoms with Crippen LogP contribution in [0, 0.1) is 0 Å². The molecule has 4 aromatic heterocycles. The molecule has 0 bridgehead atoms. The summed E-state index contributed by atoms with van der Waals surface area (Å²) in [7, 11) is 0. The monoisotopic (exact) mass is 457 g/mol. The quantitative estimate of drug-likeness (QED) is 0.405. The molecule has 0 aliphatic carbocycles. The van der Waals surface area contributed by atoms with E-state index >= 15 is 0 Å². The number of nitrogens with two attached hydrogens (primary N) is 1. The molecule has 1 atom stereocenters. The molecule has 1 unspecified atom stereocenters. The third-order valence-electron chi connectivity index (χ3n) is 5.21. The number of rotatable bonds is 8. The maximum absolute atomic E-state index is 12.3. The van der Waals surface area contributed by atoms with Crippen LogP contribution in [-0.4, -0.2) is 30.8 Å². The fraction of sp³-hybridized carbons (Fsp3) is 0.238. The second-order valence-electron chi connectivity index (χ2n) is 7.23. The van der Waals surface area contributed by atoms with Crippen LogP contribution < -0.4 is 5.73 Å². The van der Waals surface area contributed by atoms with E-state index in [0.717, 1.165) is 10.4 Å². The van der Waals surface area contributed by atoms with Crippen molar-refractivity contribution in [3.8, 4) is 10.6 Å². The highest BCUT2D eigenvalue weighted by atomic mass is 35.5. The molecule has 0 aliphatic heterocycles. The van der Waals surface area contributed by atoms with Gasteiger partial charge in [0.15, 0.2) is 5.76 Å². The Hall–Kier alpha value is -3.17. The minimum Gasteiger partial charge on any atom is -0.481 e. The van der Waals surface area contributed by atoms with Gasteiger partial charge in [-0.1, -0.05) is 29.7 Å². The smallest absolute Gasteiger partial charge is 0.316 e. The second-order valence-corrected chi connectivity index (χ2v) is 8.94. The Balaban J connectivity index is 1.57. The van der Waals surface area contributed by atoms with Crippen LogP contribution in [0.1, 0.15) is 30.3 Å². The van der Waals surface area contributed by atoms with Crippen molar-refractivity contribution in [1.29, 1.82) is 0 Å². The summed E-state index contributed by atoms with van der Waals surface area (Å²) in [4.78, 5) is 21.7. The number of hydrogen-bond acceptors (Lipinski definition) is 7. The number of aromatic nitrogens is 4. The van der Waals surface area contributed by atoms with Gasteiger partial charge in [0.05, 0.1) is 27.8 Å². The Morgan fingerprint density at radius 1 is 1.32 bits per heavy atom. The second kappa shape index (κ2) is 8.52. The Morgan fingerprint density at radius 2 is 2.16 bits per heavy atom. The fourth-order valence-corrected chi connectivity index (χ4v) is 4.44. The summed E-state index contributed by atoms with van der Waals surface area (Å²) in [6.07, 6.45) is 5.60. The molecule has 0 amide bonds. The van der Waals surface area contributed by atoms with Gasteiger partial charge in [-0.25, -0.2) is 9.97 Å². The third kappa shape index (κ3) is 4.33. The van der Waals surface area contributed by atoms with E-state index < -0.39 is 11.4 Å². The molecule has 0 fully saturated rings. The highest BCUT2D eigenvalue weighted by Crippen LogP contribution is 2.33. The molecule has 31 heavy (non-hydrogen) atoms. The summed E-state index contributed by atoms with van der Waals surface area (Å²) in [5.41, 5.74) is 6.43. The lowest BCUT2D eigenvalue weighted by Crippen LogP contribution is -2.38. The van der Waals surface area contributed by atoms with Gasteiger partial charge < -0.3 is 19.9 Å². The van der Waals surface area contributed by atoms with Crippen molar-refractivity contribution >= 4 is 34.7 Å².